The molecule has 2 aromatic rings. The van der Waals surface area contributed by atoms with Gasteiger partial charge in [-0.25, -0.2) is 0 Å². The minimum atomic E-state index is 0.309. The van der Waals surface area contributed by atoms with Crippen LogP contribution in [-0.4, -0.2) is 12.1 Å². The average molecular weight is 284 g/mol. The van der Waals surface area contributed by atoms with E-state index in [1.807, 2.05) is 0 Å². The van der Waals surface area contributed by atoms with Gasteiger partial charge in [-0.15, -0.1) is 0 Å². The summed E-state index contributed by atoms with van der Waals surface area (Å²) in [5.74, 6) is 3.22. The van der Waals surface area contributed by atoms with Crippen LogP contribution in [-0.2, 0) is 5.41 Å². The zero-order valence-corrected chi connectivity index (χ0v) is 12.2. The Morgan fingerprint density at radius 2 is 1.23 bits per heavy atom. The Morgan fingerprint density at radius 3 is 1.73 bits per heavy atom. The second-order valence-electron chi connectivity index (χ2n) is 7.79. The van der Waals surface area contributed by atoms with Crippen molar-refractivity contribution in [3.05, 3.63) is 59.7 Å². The van der Waals surface area contributed by atoms with Crippen molar-refractivity contribution in [1.29, 1.82) is 0 Å². The third kappa shape index (κ3) is 0.838. The summed E-state index contributed by atoms with van der Waals surface area (Å²) in [7, 11) is 0. The number of fused-ring (bicyclic) bond motifs is 15. The molecule has 0 saturated heterocycles. The quantitative estimate of drug-likeness (QED) is 0.697. The van der Waals surface area contributed by atoms with Gasteiger partial charge in [0.2, 0.25) is 0 Å². The number of rotatable bonds is 0. The molecular weight excluding hydrogens is 268 g/mol. The maximum atomic E-state index is 4.48. The summed E-state index contributed by atoms with van der Waals surface area (Å²) in [6, 6.07) is 19.4. The third-order valence-electron chi connectivity index (χ3n) is 7.39. The predicted molar refractivity (Wildman–Crippen MR) is 83.7 cm³/mol. The van der Waals surface area contributed by atoms with Crippen LogP contribution in [0.4, 0.5) is 0 Å². The lowest BCUT2D eigenvalue weighted by Crippen LogP contribution is -2.36. The molecular formula is C20H16N2. The second kappa shape index (κ2) is 3.05. The van der Waals surface area contributed by atoms with Crippen molar-refractivity contribution in [1.82, 2.24) is 0 Å². The highest BCUT2D eigenvalue weighted by atomic mass is 15.3. The lowest BCUT2D eigenvalue weighted by Gasteiger charge is -2.29. The van der Waals surface area contributed by atoms with E-state index < -0.39 is 0 Å². The monoisotopic (exact) mass is 284 g/mol. The van der Waals surface area contributed by atoms with Gasteiger partial charge >= 0.3 is 0 Å². The first-order valence-electron chi connectivity index (χ1n) is 8.51. The van der Waals surface area contributed by atoms with Crippen LogP contribution < -0.4 is 0 Å². The van der Waals surface area contributed by atoms with Crippen LogP contribution in [0.5, 0.6) is 0 Å². The molecule has 2 heteroatoms. The Bertz CT molecular complexity index is 811. The molecule has 2 nitrogen and oxygen atoms in total. The maximum Gasteiger partial charge on any atom is 0.0983 e. The van der Waals surface area contributed by atoms with Crippen molar-refractivity contribution in [2.45, 2.75) is 23.9 Å². The minimum Gasteiger partial charge on any atom is -0.188 e. The van der Waals surface area contributed by atoms with E-state index in [0.717, 1.165) is 23.7 Å². The molecule has 106 valence electrons. The summed E-state index contributed by atoms with van der Waals surface area (Å²) in [5.41, 5.74) is 6.47. The molecule has 2 aromatic carbocycles. The summed E-state index contributed by atoms with van der Waals surface area (Å²) in [5, 5.41) is 8.96. The number of benzene rings is 2. The Balaban J connectivity index is 1.53. The fraction of sp³-hybridized carbons (Fsp3) is 0.400. The van der Waals surface area contributed by atoms with E-state index in [1.165, 1.54) is 17.5 Å². The van der Waals surface area contributed by atoms with Gasteiger partial charge in [-0.05, 0) is 52.3 Å². The van der Waals surface area contributed by atoms with Crippen LogP contribution in [0.3, 0.4) is 0 Å². The van der Waals surface area contributed by atoms with Crippen LogP contribution in [0.15, 0.2) is 58.8 Å². The lowest BCUT2D eigenvalue weighted by atomic mass is 9.82. The van der Waals surface area contributed by atoms with Gasteiger partial charge in [-0.1, -0.05) is 48.5 Å². The van der Waals surface area contributed by atoms with E-state index in [1.54, 1.807) is 11.1 Å². The summed E-state index contributed by atoms with van der Waals surface area (Å²) in [4.78, 5) is 0. The molecule has 3 fully saturated rings. The molecule has 1 heterocycles. The molecule has 22 heavy (non-hydrogen) atoms. The fourth-order valence-corrected chi connectivity index (χ4v) is 6.88. The first kappa shape index (κ1) is 10.7. The van der Waals surface area contributed by atoms with Crippen LogP contribution >= 0.6 is 0 Å². The van der Waals surface area contributed by atoms with Gasteiger partial charge in [0.1, 0.15) is 0 Å². The third-order valence-corrected chi connectivity index (χ3v) is 7.39. The number of hydrogen-bond acceptors (Lipinski definition) is 2. The SMILES string of the molecule is c1ccc2c(c1)-c1ccccc1C21C2C1[C@@H]1C[C@H]2[C@H]2N=N[C@H]21. The van der Waals surface area contributed by atoms with Crippen molar-refractivity contribution in [3.63, 3.8) is 0 Å². The van der Waals surface area contributed by atoms with Gasteiger partial charge < -0.3 is 0 Å². The Morgan fingerprint density at radius 1 is 0.727 bits per heavy atom. The Labute approximate surface area is 129 Å². The van der Waals surface area contributed by atoms with Crippen molar-refractivity contribution in [2.24, 2.45) is 33.9 Å². The van der Waals surface area contributed by atoms with E-state index >= 15 is 0 Å². The summed E-state index contributed by atoms with van der Waals surface area (Å²) in [6.07, 6.45) is 1.38. The van der Waals surface area contributed by atoms with Crippen molar-refractivity contribution < 1.29 is 0 Å². The molecule has 1 aliphatic heterocycles. The van der Waals surface area contributed by atoms with Crippen LogP contribution in [0.25, 0.3) is 11.1 Å². The molecule has 6 atom stereocenters. The van der Waals surface area contributed by atoms with E-state index in [2.05, 4.69) is 58.8 Å². The first-order chi connectivity index (χ1) is 10.9. The largest absolute Gasteiger partial charge is 0.188 e. The zero-order valence-electron chi connectivity index (χ0n) is 12.2. The van der Waals surface area contributed by atoms with Gasteiger partial charge in [0.05, 0.1) is 12.1 Å². The van der Waals surface area contributed by atoms with E-state index in [9.17, 15) is 0 Å². The molecule has 0 N–H and O–H groups in total. The van der Waals surface area contributed by atoms with Gasteiger partial charge in [-0.3, -0.25) is 0 Å². The lowest BCUT2D eigenvalue weighted by molar-refractivity contribution is 0.273. The number of azo groups is 1. The first-order valence-corrected chi connectivity index (χ1v) is 8.51. The summed E-state index contributed by atoms with van der Waals surface area (Å²) in [6.45, 7) is 0. The van der Waals surface area contributed by atoms with Crippen molar-refractivity contribution in [2.75, 3.05) is 0 Å². The molecule has 2 bridgehead atoms. The molecule has 0 aromatic heterocycles. The normalized spacial score (nSPS) is 42.5. The van der Waals surface area contributed by atoms with E-state index in [4.69, 9.17) is 0 Å². The smallest absolute Gasteiger partial charge is 0.0983 e. The van der Waals surface area contributed by atoms with E-state index in [-0.39, 0.29) is 0 Å². The Kier molecular flexibility index (Phi) is 1.49. The highest BCUT2D eigenvalue weighted by molar-refractivity contribution is 5.84. The summed E-state index contributed by atoms with van der Waals surface area (Å²) >= 11 is 0. The highest BCUT2D eigenvalue weighted by Gasteiger charge is 2.82. The van der Waals surface area contributed by atoms with Crippen molar-refractivity contribution >= 4 is 0 Å². The predicted octanol–water partition coefficient (Wildman–Crippen LogP) is 4.05. The Hall–Kier alpha value is -1.96. The average Bonchev–Trinajstić information content (AvgIpc) is 2.83. The molecule has 5 aliphatic rings. The van der Waals surface area contributed by atoms with Gasteiger partial charge in [-0.2, -0.15) is 10.2 Å². The topological polar surface area (TPSA) is 24.7 Å². The molecule has 2 unspecified atom stereocenters. The molecule has 1 spiro atoms. The second-order valence-corrected chi connectivity index (χ2v) is 7.79. The molecule has 3 saturated carbocycles. The van der Waals surface area contributed by atoms with Crippen LogP contribution in [0.2, 0.25) is 0 Å². The zero-order chi connectivity index (χ0) is 14.1. The highest BCUT2D eigenvalue weighted by Crippen LogP contribution is 2.82. The standard InChI is InChI=1S/C20H16N2/c1-3-7-14-10(5-1)11-6-2-4-8-15(11)20(14)16-12-9-13(17(16)20)19-18(12)21-22-19/h1-8,12-13,16-19H,9H2/t12-,13+,16?,17?,18-,19+. The van der Waals surface area contributed by atoms with Crippen LogP contribution in [0, 0.1) is 23.7 Å². The van der Waals surface area contributed by atoms with Gasteiger partial charge in [0, 0.05) is 5.41 Å². The maximum absolute atomic E-state index is 4.48. The van der Waals surface area contributed by atoms with Crippen molar-refractivity contribution in [3.8, 4) is 11.1 Å². The van der Waals surface area contributed by atoms with E-state index in [0.29, 0.717) is 17.5 Å². The number of nitrogens with zero attached hydrogens (tertiary/aromatic N) is 2. The van der Waals surface area contributed by atoms with Gasteiger partial charge in [0.15, 0.2) is 0 Å². The molecule has 0 amide bonds. The minimum absolute atomic E-state index is 0.309. The summed E-state index contributed by atoms with van der Waals surface area (Å²) < 4.78 is 0. The molecule has 7 rings (SSSR count). The fourth-order valence-electron chi connectivity index (χ4n) is 6.88. The molecule has 4 aliphatic carbocycles. The number of hydrogen-bond donors (Lipinski definition) is 0. The van der Waals surface area contributed by atoms with Crippen LogP contribution in [0.1, 0.15) is 17.5 Å². The molecule has 0 radical (unpaired) electrons. The van der Waals surface area contributed by atoms with Gasteiger partial charge in [0.25, 0.3) is 0 Å².